The summed E-state index contributed by atoms with van der Waals surface area (Å²) in [4.78, 5) is 7.16. The van der Waals surface area contributed by atoms with Gasteiger partial charge in [0.05, 0.1) is 12.1 Å². The summed E-state index contributed by atoms with van der Waals surface area (Å²) in [5, 5.41) is 12.8. The molecule has 0 radical (unpaired) electrons. The van der Waals surface area contributed by atoms with E-state index in [2.05, 4.69) is 114 Å². The third-order valence-electron chi connectivity index (χ3n) is 6.57. The van der Waals surface area contributed by atoms with Gasteiger partial charge in [-0.3, -0.25) is 4.90 Å². The molecule has 0 spiro atoms. The Morgan fingerprint density at radius 1 is 0.906 bits per heavy atom. The highest BCUT2D eigenvalue weighted by atomic mass is 15.6. The standard InChI is InChI=1S/C25H35N7/c1-18(2)32-25(26-27-28-32)24(21-10-12-22(13-11-21)29(5)6)31-16-14-30(15-17-31)23-9-7-8-19(3)20(23)4/h7-13,18,24H,14-17H2,1-6H3/t24-/m1/s1. The maximum absolute atomic E-state index is 4.49. The molecule has 1 atom stereocenters. The molecule has 3 aromatic rings. The Kier molecular flexibility index (Phi) is 6.46. The summed E-state index contributed by atoms with van der Waals surface area (Å²) in [6, 6.07) is 15.6. The minimum Gasteiger partial charge on any atom is -0.378 e. The van der Waals surface area contributed by atoms with Crippen LogP contribution in [0.1, 0.15) is 48.4 Å². The van der Waals surface area contributed by atoms with Crippen molar-refractivity contribution >= 4 is 11.4 Å². The van der Waals surface area contributed by atoms with Gasteiger partial charge in [-0.05, 0) is 73.0 Å². The molecule has 170 valence electrons. The molecule has 1 aliphatic heterocycles. The van der Waals surface area contributed by atoms with Gasteiger partial charge in [-0.2, -0.15) is 0 Å². The molecule has 7 heteroatoms. The molecular weight excluding hydrogens is 398 g/mol. The van der Waals surface area contributed by atoms with Crippen molar-refractivity contribution in [1.29, 1.82) is 0 Å². The van der Waals surface area contributed by atoms with Crippen LogP contribution in [-0.2, 0) is 0 Å². The molecule has 0 unspecified atom stereocenters. The molecule has 1 aromatic heterocycles. The first-order valence-corrected chi connectivity index (χ1v) is 11.5. The Morgan fingerprint density at radius 3 is 2.22 bits per heavy atom. The summed E-state index contributed by atoms with van der Waals surface area (Å²) in [5.41, 5.74) is 6.49. The smallest absolute Gasteiger partial charge is 0.173 e. The monoisotopic (exact) mass is 433 g/mol. The van der Waals surface area contributed by atoms with Gasteiger partial charge in [0.25, 0.3) is 0 Å². The van der Waals surface area contributed by atoms with Gasteiger partial charge in [0.1, 0.15) is 0 Å². The number of tetrazole rings is 1. The Hall–Kier alpha value is -2.93. The Labute approximate surface area is 191 Å². The van der Waals surface area contributed by atoms with E-state index in [0.29, 0.717) is 0 Å². The first kappa shape index (κ1) is 22.3. The molecule has 0 bridgehead atoms. The van der Waals surface area contributed by atoms with Crippen LogP contribution >= 0.6 is 0 Å². The van der Waals surface area contributed by atoms with Crippen molar-refractivity contribution in [1.82, 2.24) is 25.1 Å². The van der Waals surface area contributed by atoms with Crippen LogP contribution in [0.2, 0.25) is 0 Å². The maximum atomic E-state index is 4.49. The lowest BCUT2D eigenvalue weighted by molar-refractivity contribution is 0.199. The first-order valence-electron chi connectivity index (χ1n) is 11.5. The molecule has 0 saturated carbocycles. The van der Waals surface area contributed by atoms with Gasteiger partial charge in [0.15, 0.2) is 5.82 Å². The van der Waals surface area contributed by atoms with Gasteiger partial charge >= 0.3 is 0 Å². The summed E-state index contributed by atoms with van der Waals surface area (Å²) < 4.78 is 1.96. The molecule has 0 N–H and O–H groups in total. The highest BCUT2D eigenvalue weighted by molar-refractivity contribution is 5.56. The van der Waals surface area contributed by atoms with Gasteiger partial charge < -0.3 is 9.80 Å². The van der Waals surface area contributed by atoms with Gasteiger partial charge in [-0.25, -0.2) is 4.68 Å². The zero-order valence-electron chi connectivity index (χ0n) is 20.2. The first-order chi connectivity index (χ1) is 15.4. The summed E-state index contributed by atoms with van der Waals surface area (Å²) >= 11 is 0. The van der Waals surface area contributed by atoms with E-state index in [0.717, 1.165) is 32.0 Å². The molecule has 1 aliphatic rings. The van der Waals surface area contributed by atoms with Crippen LogP contribution in [0, 0.1) is 13.8 Å². The molecule has 1 fully saturated rings. The topological polar surface area (TPSA) is 53.3 Å². The van der Waals surface area contributed by atoms with E-state index in [-0.39, 0.29) is 12.1 Å². The number of piperazine rings is 1. The van der Waals surface area contributed by atoms with Gasteiger partial charge in [-0.15, -0.1) is 5.10 Å². The Morgan fingerprint density at radius 2 is 1.59 bits per heavy atom. The van der Waals surface area contributed by atoms with E-state index in [9.17, 15) is 0 Å². The van der Waals surface area contributed by atoms with Crippen molar-refractivity contribution in [3.05, 3.63) is 65.0 Å². The van der Waals surface area contributed by atoms with E-state index in [1.54, 1.807) is 0 Å². The lowest BCUT2D eigenvalue weighted by atomic mass is 10.0. The quantitative estimate of drug-likeness (QED) is 0.589. The molecule has 1 saturated heterocycles. The molecule has 2 aromatic carbocycles. The van der Waals surface area contributed by atoms with Crippen molar-refractivity contribution in [3.63, 3.8) is 0 Å². The second-order valence-corrected chi connectivity index (χ2v) is 9.21. The summed E-state index contributed by atoms with van der Waals surface area (Å²) in [6.07, 6.45) is 0. The minimum atomic E-state index is 0.0318. The van der Waals surface area contributed by atoms with Crippen LogP contribution in [0.25, 0.3) is 0 Å². The highest BCUT2D eigenvalue weighted by Crippen LogP contribution is 2.32. The fourth-order valence-corrected chi connectivity index (χ4v) is 4.53. The van der Waals surface area contributed by atoms with Crippen molar-refractivity contribution in [2.75, 3.05) is 50.1 Å². The SMILES string of the molecule is Cc1cccc(N2CCN([C@H](c3ccc(N(C)C)cc3)c3nnnn3C(C)C)CC2)c1C. The lowest BCUT2D eigenvalue weighted by Crippen LogP contribution is -2.48. The number of aryl methyl sites for hydroxylation is 1. The Bertz CT molecular complexity index is 1030. The van der Waals surface area contributed by atoms with Crippen LogP contribution in [0.15, 0.2) is 42.5 Å². The third kappa shape index (κ3) is 4.35. The van der Waals surface area contributed by atoms with Crippen molar-refractivity contribution in [2.24, 2.45) is 0 Å². The van der Waals surface area contributed by atoms with Crippen molar-refractivity contribution in [3.8, 4) is 0 Å². The molecule has 0 amide bonds. The third-order valence-corrected chi connectivity index (χ3v) is 6.57. The zero-order chi connectivity index (χ0) is 22.8. The average molecular weight is 434 g/mol. The van der Waals surface area contributed by atoms with Crippen LogP contribution in [-0.4, -0.2) is 65.4 Å². The number of hydrogen-bond acceptors (Lipinski definition) is 6. The molecule has 2 heterocycles. The number of aromatic nitrogens is 4. The van der Waals surface area contributed by atoms with Gasteiger partial charge in [0.2, 0.25) is 0 Å². The van der Waals surface area contributed by atoms with Crippen LogP contribution < -0.4 is 9.80 Å². The molecule has 32 heavy (non-hydrogen) atoms. The van der Waals surface area contributed by atoms with Crippen molar-refractivity contribution in [2.45, 2.75) is 39.8 Å². The Balaban J connectivity index is 1.62. The second-order valence-electron chi connectivity index (χ2n) is 9.21. The predicted molar refractivity (Wildman–Crippen MR) is 131 cm³/mol. The largest absolute Gasteiger partial charge is 0.378 e. The van der Waals surface area contributed by atoms with Gasteiger partial charge in [-0.1, -0.05) is 24.3 Å². The van der Waals surface area contributed by atoms with E-state index in [4.69, 9.17) is 0 Å². The normalized spacial score (nSPS) is 15.9. The minimum absolute atomic E-state index is 0.0318. The van der Waals surface area contributed by atoms with E-state index >= 15 is 0 Å². The number of benzene rings is 2. The van der Waals surface area contributed by atoms with Gasteiger partial charge in [0, 0.05) is 51.6 Å². The molecule has 7 nitrogen and oxygen atoms in total. The van der Waals surface area contributed by atoms with Crippen LogP contribution in [0.3, 0.4) is 0 Å². The molecule has 0 aliphatic carbocycles. The second kappa shape index (κ2) is 9.28. The van der Waals surface area contributed by atoms with Crippen LogP contribution in [0.5, 0.6) is 0 Å². The summed E-state index contributed by atoms with van der Waals surface area (Å²) in [7, 11) is 4.14. The average Bonchev–Trinajstić information content (AvgIpc) is 3.27. The summed E-state index contributed by atoms with van der Waals surface area (Å²) in [6.45, 7) is 12.6. The fourth-order valence-electron chi connectivity index (χ4n) is 4.53. The fraction of sp³-hybridized carbons (Fsp3) is 0.480. The highest BCUT2D eigenvalue weighted by Gasteiger charge is 2.31. The molecular formula is C25H35N7. The lowest BCUT2D eigenvalue weighted by Gasteiger charge is -2.40. The number of rotatable bonds is 6. The van der Waals surface area contributed by atoms with E-state index < -0.39 is 0 Å². The van der Waals surface area contributed by atoms with E-state index in [1.165, 1.54) is 28.1 Å². The zero-order valence-corrected chi connectivity index (χ0v) is 20.2. The van der Waals surface area contributed by atoms with Crippen molar-refractivity contribution < 1.29 is 0 Å². The molecule has 4 rings (SSSR count). The number of nitrogens with zero attached hydrogens (tertiary/aromatic N) is 7. The number of hydrogen-bond donors (Lipinski definition) is 0. The van der Waals surface area contributed by atoms with Crippen LogP contribution in [0.4, 0.5) is 11.4 Å². The summed E-state index contributed by atoms with van der Waals surface area (Å²) in [5.74, 6) is 0.915. The van der Waals surface area contributed by atoms with E-state index in [1.807, 2.05) is 4.68 Å². The predicted octanol–water partition coefficient (Wildman–Crippen LogP) is 3.85. The number of anilines is 2. The maximum Gasteiger partial charge on any atom is 0.173 e.